The lowest BCUT2D eigenvalue weighted by Crippen LogP contribution is -2.39. The minimum Gasteiger partial charge on any atom is -0.497 e. The Bertz CT molecular complexity index is 1660. The summed E-state index contributed by atoms with van der Waals surface area (Å²) in [5.74, 6) is 1.38. The number of fused-ring (bicyclic) bond motifs is 1. The van der Waals surface area contributed by atoms with Crippen LogP contribution in [-0.2, 0) is 15.1 Å². The first kappa shape index (κ1) is 27.6. The van der Waals surface area contributed by atoms with Crippen LogP contribution in [0.25, 0.3) is 11.2 Å². The number of aromatic nitrogens is 4. The van der Waals surface area contributed by atoms with E-state index in [1.54, 1.807) is 14.2 Å². The summed E-state index contributed by atoms with van der Waals surface area (Å²) in [4.78, 5) is 22.9. The second-order valence-electron chi connectivity index (χ2n) is 9.92. The van der Waals surface area contributed by atoms with Gasteiger partial charge in [-0.1, -0.05) is 54.6 Å². The molecule has 11 heteroatoms. The lowest BCUT2D eigenvalue weighted by atomic mass is 9.80. The maximum Gasteiger partial charge on any atom is 0.278 e. The van der Waals surface area contributed by atoms with Crippen molar-refractivity contribution in [2.24, 2.45) is 0 Å². The quantitative estimate of drug-likeness (QED) is 0.228. The monoisotopic (exact) mass is 570 g/mol. The Morgan fingerprint density at radius 2 is 1.45 bits per heavy atom. The number of nitrogens with zero attached hydrogens (tertiary/aromatic N) is 3. The molecule has 3 N–H and O–H groups in total. The van der Waals surface area contributed by atoms with Crippen molar-refractivity contribution in [2.45, 2.75) is 30.1 Å². The van der Waals surface area contributed by atoms with Gasteiger partial charge < -0.3 is 34.1 Å². The van der Waals surface area contributed by atoms with Gasteiger partial charge in [0.05, 0.1) is 33.5 Å². The summed E-state index contributed by atoms with van der Waals surface area (Å²) >= 11 is 0. The van der Waals surface area contributed by atoms with Crippen LogP contribution in [0.3, 0.4) is 0 Å². The molecule has 11 nitrogen and oxygen atoms in total. The summed E-state index contributed by atoms with van der Waals surface area (Å²) in [5, 5.41) is 22.1. The van der Waals surface area contributed by atoms with E-state index in [0.717, 1.165) is 16.7 Å². The van der Waals surface area contributed by atoms with Crippen molar-refractivity contribution in [3.8, 4) is 11.5 Å². The summed E-state index contributed by atoms with van der Waals surface area (Å²) in [6.07, 6.45) is -1.98. The molecule has 1 saturated heterocycles. The van der Waals surface area contributed by atoms with Gasteiger partial charge in [0.2, 0.25) is 0 Å². The van der Waals surface area contributed by atoms with Crippen LogP contribution in [0.1, 0.15) is 22.9 Å². The fourth-order valence-corrected chi connectivity index (χ4v) is 5.43. The van der Waals surface area contributed by atoms with Crippen LogP contribution in [0, 0.1) is 0 Å². The molecular weight excluding hydrogens is 540 g/mol. The molecule has 0 amide bonds. The second-order valence-corrected chi connectivity index (χ2v) is 9.92. The van der Waals surface area contributed by atoms with Gasteiger partial charge >= 0.3 is 0 Å². The molecule has 216 valence electrons. The highest BCUT2D eigenvalue weighted by atomic mass is 16.6. The van der Waals surface area contributed by atoms with Crippen molar-refractivity contribution >= 4 is 11.2 Å². The molecule has 0 spiro atoms. The van der Waals surface area contributed by atoms with E-state index in [1.807, 2.05) is 78.9 Å². The molecule has 3 aromatic carbocycles. The second kappa shape index (κ2) is 11.4. The van der Waals surface area contributed by atoms with Gasteiger partial charge in [-0.2, -0.15) is 0 Å². The third kappa shape index (κ3) is 4.72. The Morgan fingerprint density at radius 1 is 0.857 bits per heavy atom. The van der Waals surface area contributed by atoms with E-state index in [-0.39, 0.29) is 17.8 Å². The topological polar surface area (TPSA) is 141 Å². The molecule has 4 atom stereocenters. The minimum absolute atomic E-state index is 0.0949. The number of H-pyrrole nitrogens is 1. The van der Waals surface area contributed by atoms with Crippen molar-refractivity contribution in [3.63, 3.8) is 0 Å². The average Bonchev–Trinajstić information content (AvgIpc) is 3.59. The van der Waals surface area contributed by atoms with Gasteiger partial charge in [0.15, 0.2) is 17.4 Å². The van der Waals surface area contributed by atoms with E-state index in [1.165, 1.54) is 17.2 Å². The van der Waals surface area contributed by atoms with E-state index in [4.69, 9.17) is 18.9 Å². The zero-order valence-corrected chi connectivity index (χ0v) is 23.0. The zero-order chi connectivity index (χ0) is 29.3. The van der Waals surface area contributed by atoms with Gasteiger partial charge in [0.25, 0.3) is 5.56 Å². The summed E-state index contributed by atoms with van der Waals surface area (Å²) < 4.78 is 25.2. The van der Waals surface area contributed by atoms with E-state index in [2.05, 4.69) is 15.0 Å². The van der Waals surface area contributed by atoms with Crippen LogP contribution in [0.4, 0.5) is 0 Å². The number of nitrogens with one attached hydrogen (secondary N) is 1. The Hall–Kier alpha value is -4.55. The third-order valence-electron chi connectivity index (χ3n) is 7.61. The molecule has 1 aliphatic rings. The van der Waals surface area contributed by atoms with Crippen molar-refractivity contribution < 1.29 is 29.2 Å². The number of benzene rings is 3. The van der Waals surface area contributed by atoms with Crippen molar-refractivity contribution in [1.29, 1.82) is 0 Å². The molecule has 0 bridgehead atoms. The van der Waals surface area contributed by atoms with Crippen LogP contribution < -0.4 is 15.0 Å². The maximum atomic E-state index is 12.2. The molecular formula is C31H30N4O7. The predicted molar refractivity (Wildman–Crippen MR) is 152 cm³/mol. The van der Waals surface area contributed by atoms with Crippen LogP contribution in [0.15, 0.2) is 96.3 Å². The number of hydrogen-bond acceptors (Lipinski definition) is 9. The van der Waals surface area contributed by atoms with Gasteiger partial charge in [-0.3, -0.25) is 9.36 Å². The van der Waals surface area contributed by atoms with E-state index in [0.29, 0.717) is 11.5 Å². The number of rotatable bonds is 9. The van der Waals surface area contributed by atoms with E-state index >= 15 is 0 Å². The summed E-state index contributed by atoms with van der Waals surface area (Å²) in [7, 11) is 3.21. The lowest BCUT2D eigenvalue weighted by Gasteiger charge is -2.37. The Balaban J connectivity index is 1.39. The molecule has 3 heterocycles. The Labute approximate surface area is 240 Å². The summed E-state index contributed by atoms with van der Waals surface area (Å²) in [6, 6.07) is 24.9. The van der Waals surface area contributed by atoms with Crippen molar-refractivity contribution in [1.82, 2.24) is 19.5 Å². The fourth-order valence-electron chi connectivity index (χ4n) is 5.43. The molecule has 42 heavy (non-hydrogen) atoms. The smallest absolute Gasteiger partial charge is 0.278 e. The summed E-state index contributed by atoms with van der Waals surface area (Å²) in [5.41, 5.74) is 1.24. The number of methoxy groups -OCH3 is 2. The molecule has 5 aromatic rings. The first-order valence-electron chi connectivity index (χ1n) is 13.4. The highest BCUT2D eigenvalue weighted by Crippen LogP contribution is 2.43. The van der Waals surface area contributed by atoms with Gasteiger partial charge in [-0.15, -0.1) is 0 Å². The van der Waals surface area contributed by atoms with Crippen LogP contribution in [0.2, 0.25) is 0 Å². The van der Waals surface area contributed by atoms with E-state index < -0.39 is 35.7 Å². The third-order valence-corrected chi connectivity index (χ3v) is 7.61. The number of aliphatic hydroxyl groups is 2. The lowest BCUT2D eigenvalue weighted by molar-refractivity contribution is -0.0942. The van der Waals surface area contributed by atoms with Crippen LogP contribution in [0.5, 0.6) is 11.5 Å². The number of aromatic amines is 1. The maximum absolute atomic E-state index is 12.2. The first-order valence-corrected chi connectivity index (χ1v) is 13.4. The number of imidazole rings is 1. The largest absolute Gasteiger partial charge is 0.497 e. The molecule has 0 saturated carbocycles. The van der Waals surface area contributed by atoms with Gasteiger partial charge in [-0.25, -0.2) is 9.97 Å². The molecule has 2 aromatic heterocycles. The SMILES string of the molecule is COc1ccc(C(OC[C@@H]2O[C@H](n3cnc4c(=O)[nH]cnc43)[C@@H](O)[C@H]2O)(c2ccccc2)c2ccc(OC)cc2)cc1. The van der Waals surface area contributed by atoms with Gasteiger partial charge in [0.1, 0.15) is 35.4 Å². The van der Waals surface area contributed by atoms with Crippen molar-refractivity contribution in [2.75, 3.05) is 20.8 Å². The molecule has 6 rings (SSSR count). The molecule has 0 unspecified atom stereocenters. The molecule has 0 aliphatic carbocycles. The predicted octanol–water partition coefficient (Wildman–Crippen LogP) is 2.76. The van der Waals surface area contributed by atoms with Crippen LogP contribution in [-0.4, -0.2) is 68.9 Å². The summed E-state index contributed by atoms with van der Waals surface area (Å²) in [6.45, 7) is -0.0949. The highest BCUT2D eigenvalue weighted by molar-refractivity contribution is 5.68. The molecule has 0 radical (unpaired) electrons. The average molecular weight is 571 g/mol. The van der Waals surface area contributed by atoms with Gasteiger partial charge in [0, 0.05) is 0 Å². The number of hydrogen-bond donors (Lipinski definition) is 3. The first-order chi connectivity index (χ1) is 20.5. The highest BCUT2D eigenvalue weighted by Gasteiger charge is 2.47. The normalized spacial score (nSPS) is 20.6. The van der Waals surface area contributed by atoms with Crippen LogP contribution >= 0.6 is 0 Å². The van der Waals surface area contributed by atoms with Crippen molar-refractivity contribution in [3.05, 3.63) is 119 Å². The Morgan fingerprint density at radius 3 is 2.05 bits per heavy atom. The fraction of sp³-hybridized carbons (Fsp3) is 0.258. The minimum atomic E-state index is -1.33. The molecule has 1 fully saturated rings. The zero-order valence-electron chi connectivity index (χ0n) is 23.0. The van der Waals surface area contributed by atoms with E-state index in [9.17, 15) is 15.0 Å². The standard InChI is InChI=1S/C31H30N4O7/c1-39-22-12-8-20(9-13-22)31(19-6-4-3-5-7-19,21-10-14-23(40-2)15-11-21)41-16-24-26(36)27(37)30(42-24)35-18-34-25-28(35)32-17-33-29(25)38/h3-15,17-18,24,26-27,30,36-37H,16H2,1-2H3,(H,32,33,38)/t24-,26-,27-,30-/m0/s1. The van der Waals surface area contributed by atoms with Gasteiger partial charge in [-0.05, 0) is 41.0 Å². The number of aliphatic hydroxyl groups excluding tert-OH is 2. The molecule has 1 aliphatic heterocycles. The number of ether oxygens (including phenoxy) is 4. The Kier molecular flexibility index (Phi) is 7.48.